The van der Waals surface area contributed by atoms with E-state index in [-0.39, 0.29) is 5.69 Å². The molecule has 0 aliphatic rings. The smallest absolute Gasteiger partial charge is 0.290 e. The van der Waals surface area contributed by atoms with Gasteiger partial charge in [0.2, 0.25) is 5.88 Å². The second kappa shape index (κ2) is 6.12. The van der Waals surface area contributed by atoms with Crippen LogP contribution in [-0.4, -0.2) is 17.0 Å². The predicted molar refractivity (Wildman–Crippen MR) is 74.9 cm³/mol. The number of aryl methyl sites for hydroxylation is 1. The third kappa shape index (κ3) is 3.10. The zero-order valence-electron chi connectivity index (χ0n) is 11.3. The molecule has 0 aliphatic heterocycles. The quantitative estimate of drug-likeness (QED) is 0.669. The zero-order chi connectivity index (χ0) is 14.5. The average molecular weight is 273 g/mol. The SMILES string of the molecule is CNCc1ccccc1Oc1ccc([N+](=O)[O-])c(C)n1. The van der Waals surface area contributed by atoms with Crippen molar-refractivity contribution in [2.24, 2.45) is 0 Å². The minimum absolute atomic E-state index is 0.0131. The Morgan fingerprint density at radius 2 is 2.05 bits per heavy atom. The molecular weight excluding hydrogens is 258 g/mol. The number of aromatic nitrogens is 1. The Hall–Kier alpha value is -2.47. The standard InChI is InChI=1S/C14H15N3O3/c1-10-12(17(18)19)7-8-14(16-10)20-13-6-4-3-5-11(13)9-15-2/h3-8,15H,9H2,1-2H3. The van der Waals surface area contributed by atoms with Crippen LogP contribution >= 0.6 is 0 Å². The number of para-hydroxylation sites is 1. The van der Waals surface area contributed by atoms with E-state index < -0.39 is 4.92 Å². The Bertz CT molecular complexity index is 629. The summed E-state index contributed by atoms with van der Waals surface area (Å²) in [5, 5.41) is 13.8. The molecule has 6 nitrogen and oxygen atoms in total. The Balaban J connectivity index is 2.26. The van der Waals surface area contributed by atoms with Gasteiger partial charge in [-0.2, -0.15) is 0 Å². The molecule has 0 atom stereocenters. The van der Waals surface area contributed by atoms with Crippen molar-refractivity contribution in [3.05, 3.63) is 57.8 Å². The molecule has 0 spiro atoms. The van der Waals surface area contributed by atoms with E-state index >= 15 is 0 Å². The van der Waals surface area contributed by atoms with Crippen molar-refractivity contribution < 1.29 is 9.66 Å². The molecule has 2 rings (SSSR count). The minimum atomic E-state index is -0.457. The first-order valence-corrected chi connectivity index (χ1v) is 6.14. The van der Waals surface area contributed by atoms with Gasteiger partial charge in [-0.25, -0.2) is 4.98 Å². The molecule has 0 unspecified atom stereocenters. The van der Waals surface area contributed by atoms with E-state index in [1.807, 2.05) is 31.3 Å². The maximum atomic E-state index is 10.7. The van der Waals surface area contributed by atoms with Crippen LogP contribution in [-0.2, 0) is 6.54 Å². The topological polar surface area (TPSA) is 77.3 Å². The summed E-state index contributed by atoms with van der Waals surface area (Å²) in [6.45, 7) is 2.26. The van der Waals surface area contributed by atoms with E-state index in [9.17, 15) is 10.1 Å². The van der Waals surface area contributed by atoms with Gasteiger partial charge in [0.25, 0.3) is 5.69 Å². The van der Waals surface area contributed by atoms with E-state index in [2.05, 4.69) is 10.3 Å². The van der Waals surface area contributed by atoms with Gasteiger partial charge in [-0.15, -0.1) is 0 Å². The summed E-state index contributed by atoms with van der Waals surface area (Å²) >= 11 is 0. The maximum absolute atomic E-state index is 10.7. The molecule has 1 heterocycles. The van der Waals surface area contributed by atoms with Crippen LogP contribution in [0.15, 0.2) is 36.4 Å². The van der Waals surface area contributed by atoms with Crippen LogP contribution in [0.1, 0.15) is 11.3 Å². The zero-order valence-corrected chi connectivity index (χ0v) is 11.3. The molecule has 0 aliphatic carbocycles. The number of rotatable bonds is 5. The van der Waals surface area contributed by atoms with Crippen molar-refractivity contribution in [1.29, 1.82) is 0 Å². The molecule has 104 valence electrons. The van der Waals surface area contributed by atoms with E-state index in [1.54, 1.807) is 6.92 Å². The lowest BCUT2D eigenvalue weighted by atomic mass is 10.2. The van der Waals surface area contributed by atoms with Gasteiger partial charge in [-0.3, -0.25) is 10.1 Å². The number of pyridine rings is 1. The molecule has 2 aromatic rings. The first-order valence-electron chi connectivity index (χ1n) is 6.14. The van der Waals surface area contributed by atoms with Crippen LogP contribution in [0.3, 0.4) is 0 Å². The number of ether oxygens (including phenoxy) is 1. The normalized spacial score (nSPS) is 10.3. The largest absolute Gasteiger partial charge is 0.439 e. The Morgan fingerprint density at radius 1 is 1.30 bits per heavy atom. The molecule has 0 radical (unpaired) electrons. The van der Waals surface area contributed by atoms with Crippen molar-refractivity contribution in [2.45, 2.75) is 13.5 Å². The van der Waals surface area contributed by atoms with E-state index in [0.717, 1.165) is 5.56 Å². The van der Waals surface area contributed by atoms with Crippen LogP contribution in [0.25, 0.3) is 0 Å². The van der Waals surface area contributed by atoms with Gasteiger partial charge in [0.05, 0.1) is 4.92 Å². The van der Waals surface area contributed by atoms with Crippen LogP contribution in [0.5, 0.6) is 11.6 Å². The van der Waals surface area contributed by atoms with Crippen LogP contribution < -0.4 is 10.1 Å². The van der Waals surface area contributed by atoms with E-state index in [4.69, 9.17) is 4.74 Å². The van der Waals surface area contributed by atoms with Crippen LogP contribution in [0, 0.1) is 17.0 Å². The third-order valence-corrected chi connectivity index (χ3v) is 2.78. The molecule has 0 saturated heterocycles. The number of nitro groups is 1. The van der Waals surface area contributed by atoms with Crippen molar-refractivity contribution in [1.82, 2.24) is 10.3 Å². The Labute approximate surface area is 116 Å². The van der Waals surface area contributed by atoms with Crippen LogP contribution in [0.2, 0.25) is 0 Å². The maximum Gasteiger partial charge on any atom is 0.290 e. The van der Waals surface area contributed by atoms with Gasteiger partial charge < -0.3 is 10.1 Å². The first-order chi connectivity index (χ1) is 9.61. The number of hydrogen-bond donors (Lipinski definition) is 1. The molecule has 0 saturated carbocycles. The summed E-state index contributed by atoms with van der Waals surface area (Å²) in [6, 6.07) is 10.5. The Morgan fingerprint density at radius 3 is 2.70 bits per heavy atom. The molecule has 1 aromatic carbocycles. The van der Waals surface area contributed by atoms with E-state index in [0.29, 0.717) is 23.9 Å². The number of hydrogen-bond acceptors (Lipinski definition) is 5. The average Bonchev–Trinajstić information content (AvgIpc) is 2.41. The third-order valence-electron chi connectivity index (χ3n) is 2.78. The van der Waals surface area contributed by atoms with Crippen molar-refractivity contribution in [3.63, 3.8) is 0 Å². The van der Waals surface area contributed by atoms with Gasteiger partial charge >= 0.3 is 0 Å². The summed E-state index contributed by atoms with van der Waals surface area (Å²) in [5.74, 6) is 1.03. The van der Waals surface area contributed by atoms with Crippen molar-refractivity contribution in [3.8, 4) is 11.6 Å². The van der Waals surface area contributed by atoms with Gasteiger partial charge in [-0.05, 0) is 20.0 Å². The Kier molecular flexibility index (Phi) is 4.27. The fourth-order valence-electron chi connectivity index (χ4n) is 1.83. The fraction of sp³-hybridized carbons (Fsp3) is 0.214. The van der Waals surface area contributed by atoms with Gasteiger partial charge in [0, 0.05) is 24.2 Å². The summed E-state index contributed by atoms with van der Waals surface area (Å²) in [4.78, 5) is 14.4. The summed E-state index contributed by atoms with van der Waals surface area (Å²) in [7, 11) is 1.85. The first kappa shape index (κ1) is 14.0. The van der Waals surface area contributed by atoms with Crippen LogP contribution in [0.4, 0.5) is 5.69 Å². The van der Waals surface area contributed by atoms with Crippen molar-refractivity contribution >= 4 is 5.69 Å². The highest BCUT2D eigenvalue weighted by molar-refractivity contribution is 5.40. The number of nitrogens with one attached hydrogen (secondary N) is 1. The second-order valence-corrected chi connectivity index (χ2v) is 4.25. The van der Waals surface area contributed by atoms with Gasteiger partial charge in [0.1, 0.15) is 11.4 Å². The second-order valence-electron chi connectivity index (χ2n) is 4.25. The molecule has 20 heavy (non-hydrogen) atoms. The lowest BCUT2D eigenvalue weighted by molar-refractivity contribution is -0.385. The molecule has 0 bridgehead atoms. The highest BCUT2D eigenvalue weighted by Crippen LogP contribution is 2.26. The lowest BCUT2D eigenvalue weighted by Gasteiger charge is -2.10. The lowest BCUT2D eigenvalue weighted by Crippen LogP contribution is -2.06. The summed E-state index contributed by atoms with van der Waals surface area (Å²) < 4.78 is 5.70. The molecule has 0 amide bonds. The highest BCUT2D eigenvalue weighted by atomic mass is 16.6. The van der Waals surface area contributed by atoms with E-state index in [1.165, 1.54) is 12.1 Å². The molecule has 1 aromatic heterocycles. The summed E-state index contributed by atoms with van der Waals surface area (Å²) in [6.07, 6.45) is 0. The minimum Gasteiger partial charge on any atom is -0.439 e. The predicted octanol–water partition coefficient (Wildman–Crippen LogP) is 2.81. The summed E-state index contributed by atoms with van der Waals surface area (Å²) in [5.41, 5.74) is 1.31. The van der Waals surface area contributed by atoms with Crippen molar-refractivity contribution in [2.75, 3.05) is 7.05 Å². The van der Waals surface area contributed by atoms with Gasteiger partial charge in [0.15, 0.2) is 0 Å². The molecule has 0 fully saturated rings. The molecular formula is C14H15N3O3. The number of benzene rings is 1. The monoisotopic (exact) mass is 273 g/mol. The fourth-order valence-corrected chi connectivity index (χ4v) is 1.83. The highest BCUT2D eigenvalue weighted by Gasteiger charge is 2.13. The molecule has 1 N–H and O–H groups in total. The van der Waals surface area contributed by atoms with Gasteiger partial charge in [-0.1, -0.05) is 18.2 Å². The number of nitrogens with zero attached hydrogens (tertiary/aromatic N) is 2. The molecule has 6 heteroatoms.